The predicted octanol–water partition coefficient (Wildman–Crippen LogP) is -1.87. The van der Waals surface area contributed by atoms with Crippen molar-refractivity contribution in [2.45, 2.75) is 0 Å². The van der Waals surface area contributed by atoms with Crippen LogP contribution in [0.5, 0.6) is 0 Å². The van der Waals surface area contributed by atoms with Gasteiger partial charge in [0.15, 0.2) is 11.6 Å². The first-order valence-electron chi connectivity index (χ1n) is 4.82. The molecule has 2 rings (SSSR count). The minimum Gasteiger partial charge on any atom is -0.383 e. The van der Waals surface area contributed by atoms with Gasteiger partial charge in [-0.05, 0) is 12.1 Å². The van der Waals surface area contributed by atoms with Crippen molar-refractivity contribution in [1.82, 2.24) is 25.4 Å². The Bertz CT molecular complexity index is 560. The molecule has 2 aromatic heterocycles. The molecule has 0 aliphatic heterocycles. The summed E-state index contributed by atoms with van der Waals surface area (Å²) in [6.07, 6.45) is 1.29. The lowest BCUT2D eigenvalue weighted by Gasteiger charge is -2.04. The first kappa shape index (κ1) is 11.8. The van der Waals surface area contributed by atoms with E-state index in [9.17, 15) is 4.79 Å². The maximum Gasteiger partial charge on any atom is 0.270 e. The van der Waals surface area contributed by atoms with E-state index in [0.29, 0.717) is 11.6 Å². The molecule has 0 atom stereocenters. The summed E-state index contributed by atoms with van der Waals surface area (Å²) in [4.78, 5) is 11.3. The van der Waals surface area contributed by atoms with Gasteiger partial charge in [-0.2, -0.15) is 9.78 Å². The van der Waals surface area contributed by atoms with Gasteiger partial charge < -0.3 is 11.2 Å². The molecule has 0 saturated carbocycles. The van der Waals surface area contributed by atoms with Gasteiger partial charge in [-0.25, -0.2) is 11.7 Å². The summed E-state index contributed by atoms with van der Waals surface area (Å²) in [5.74, 6) is 10.5. The van der Waals surface area contributed by atoms with Crippen LogP contribution < -0.4 is 28.3 Å². The minimum absolute atomic E-state index is 0.112. The van der Waals surface area contributed by atoms with Gasteiger partial charge >= 0.3 is 0 Å². The number of nitrogen functional groups attached to an aromatic ring is 3. The molecule has 18 heavy (non-hydrogen) atoms. The smallest absolute Gasteiger partial charge is 0.270 e. The molecule has 2 aromatic rings. The molecule has 0 bridgehead atoms. The highest BCUT2D eigenvalue weighted by Crippen LogP contribution is 2.15. The zero-order chi connectivity index (χ0) is 13.1. The van der Waals surface area contributed by atoms with Crippen molar-refractivity contribution in [3.63, 3.8) is 0 Å². The topological polar surface area (TPSA) is 163 Å². The van der Waals surface area contributed by atoms with Crippen LogP contribution in [-0.4, -0.2) is 25.9 Å². The summed E-state index contributed by atoms with van der Waals surface area (Å²) in [5.41, 5.74) is 10.2. The second-order valence-electron chi connectivity index (χ2n) is 3.25. The van der Waals surface area contributed by atoms with Crippen LogP contribution in [0.25, 0.3) is 5.82 Å². The van der Waals surface area contributed by atoms with E-state index in [2.05, 4.69) is 20.7 Å². The van der Waals surface area contributed by atoms with E-state index in [1.807, 2.05) is 5.43 Å². The van der Waals surface area contributed by atoms with Crippen LogP contribution in [0.1, 0.15) is 10.4 Å². The molecule has 0 unspecified atom stereocenters. The number of amides is 1. The molecule has 0 aliphatic rings. The number of carbonyl (C=O) groups is 1. The normalized spacial score (nSPS) is 10.1. The number of nitrogens with one attached hydrogen (secondary N) is 2. The lowest BCUT2D eigenvalue weighted by atomic mass is 10.3. The van der Waals surface area contributed by atoms with Crippen molar-refractivity contribution >= 4 is 17.5 Å². The van der Waals surface area contributed by atoms with Gasteiger partial charge in [-0.15, -0.1) is 10.2 Å². The van der Waals surface area contributed by atoms with Crippen LogP contribution in [-0.2, 0) is 0 Å². The molecule has 10 nitrogen and oxygen atoms in total. The number of anilines is 2. The number of aromatic nitrogens is 4. The third kappa shape index (κ3) is 1.92. The molecule has 1 amide bonds. The molecule has 0 aromatic carbocycles. The maximum atomic E-state index is 11.3. The fourth-order valence-electron chi connectivity index (χ4n) is 1.31. The quantitative estimate of drug-likeness (QED) is 0.240. The first-order valence-corrected chi connectivity index (χ1v) is 4.82. The summed E-state index contributed by atoms with van der Waals surface area (Å²) in [5, 5.41) is 11.5. The van der Waals surface area contributed by atoms with Crippen LogP contribution in [0, 0.1) is 0 Å². The molecule has 0 aliphatic carbocycles. The third-order valence-electron chi connectivity index (χ3n) is 2.20. The van der Waals surface area contributed by atoms with E-state index in [1.165, 1.54) is 10.9 Å². The molecule has 0 fully saturated rings. The van der Waals surface area contributed by atoms with Gasteiger partial charge in [0.05, 0.1) is 6.20 Å². The van der Waals surface area contributed by atoms with Gasteiger partial charge in [0.2, 0.25) is 0 Å². The lowest BCUT2D eigenvalue weighted by Crippen LogP contribution is -2.30. The molecule has 94 valence electrons. The van der Waals surface area contributed by atoms with Crippen molar-refractivity contribution in [3.8, 4) is 5.82 Å². The van der Waals surface area contributed by atoms with Crippen molar-refractivity contribution in [3.05, 3.63) is 23.9 Å². The molecule has 10 heteroatoms. The van der Waals surface area contributed by atoms with Gasteiger partial charge in [0.1, 0.15) is 11.4 Å². The number of hydrogen-bond donors (Lipinski definition) is 5. The van der Waals surface area contributed by atoms with Gasteiger partial charge in [-0.3, -0.25) is 10.2 Å². The summed E-state index contributed by atoms with van der Waals surface area (Å²) >= 11 is 0. The van der Waals surface area contributed by atoms with E-state index in [-0.39, 0.29) is 11.4 Å². The van der Waals surface area contributed by atoms with E-state index in [1.54, 1.807) is 12.1 Å². The Labute approximate surface area is 101 Å². The Morgan fingerprint density at radius 1 is 1.28 bits per heavy atom. The fourth-order valence-corrected chi connectivity index (χ4v) is 1.31. The average Bonchev–Trinajstić information content (AvgIpc) is 2.80. The average molecular weight is 249 g/mol. The Hall–Kier alpha value is -2.72. The molecular formula is C8H11N9O. The first-order chi connectivity index (χ1) is 8.67. The van der Waals surface area contributed by atoms with Crippen LogP contribution in [0.3, 0.4) is 0 Å². The fraction of sp³-hybridized carbons (Fsp3) is 0. The van der Waals surface area contributed by atoms with Crippen LogP contribution in [0.15, 0.2) is 18.3 Å². The highest BCUT2D eigenvalue weighted by Gasteiger charge is 2.15. The number of carbonyl (C=O) groups excluding carboxylic acids is 1. The molecule has 0 radical (unpaired) electrons. The minimum atomic E-state index is -0.535. The number of rotatable bonds is 3. The number of hydrazine groups is 2. The maximum absolute atomic E-state index is 11.3. The Morgan fingerprint density at radius 3 is 2.61 bits per heavy atom. The summed E-state index contributed by atoms with van der Waals surface area (Å²) in [6, 6.07) is 3.18. The van der Waals surface area contributed by atoms with Gasteiger partial charge in [-0.1, -0.05) is 0 Å². The van der Waals surface area contributed by atoms with Crippen LogP contribution in [0.2, 0.25) is 0 Å². The van der Waals surface area contributed by atoms with E-state index in [0.717, 1.165) is 0 Å². The van der Waals surface area contributed by atoms with Crippen molar-refractivity contribution < 1.29 is 4.79 Å². The van der Waals surface area contributed by atoms with Crippen molar-refractivity contribution in [1.29, 1.82) is 0 Å². The standard InChI is InChI=1S/C8H11N9O/c9-7-4(8(18)14-11)3-12-17(7)6-2-1-5(13-10)15-16-6/h1-3H,9-11H2,(H,13,15)(H,14,18). The Kier molecular flexibility index (Phi) is 3.03. The summed E-state index contributed by atoms with van der Waals surface area (Å²) in [6.45, 7) is 0. The van der Waals surface area contributed by atoms with Crippen molar-refractivity contribution in [2.24, 2.45) is 11.7 Å². The van der Waals surface area contributed by atoms with E-state index >= 15 is 0 Å². The van der Waals surface area contributed by atoms with Crippen LogP contribution in [0.4, 0.5) is 11.6 Å². The van der Waals surface area contributed by atoms with Crippen LogP contribution >= 0.6 is 0 Å². The summed E-state index contributed by atoms with van der Waals surface area (Å²) in [7, 11) is 0. The second-order valence-corrected chi connectivity index (χ2v) is 3.25. The molecule has 8 N–H and O–H groups in total. The van der Waals surface area contributed by atoms with Gasteiger partial charge in [0.25, 0.3) is 5.91 Å². The zero-order valence-corrected chi connectivity index (χ0v) is 9.16. The number of nitrogens with zero attached hydrogens (tertiary/aromatic N) is 4. The number of hydrogen-bond acceptors (Lipinski definition) is 8. The molecular weight excluding hydrogens is 238 g/mol. The van der Waals surface area contributed by atoms with E-state index in [4.69, 9.17) is 17.4 Å². The van der Waals surface area contributed by atoms with E-state index < -0.39 is 5.91 Å². The summed E-state index contributed by atoms with van der Waals surface area (Å²) < 4.78 is 1.26. The second kappa shape index (κ2) is 4.65. The SMILES string of the molecule is NNC(=O)c1cnn(-c2ccc(NN)nn2)c1N. The largest absolute Gasteiger partial charge is 0.383 e. The third-order valence-corrected chi connectivity index (χ3v) is 2.20. The molecule has 0 saturated heterocycles. The molecule has 0 spiro atoms. The highest BCUT2D eigenvalue weighted by molar-refractivity contribution is 5.98. The monoisotopic (exact) mass is 249 g/mol. The van der Waals surface area contributed by atoms with Crippen molar-refractivity contribution in [2.75, 3.05) is 11.2 Å². The molecule has 2 heterocycles. The predicted molar refractivity (Wildman–Crippen MR) is 63.0 cm³/mol. The zero-order valence-electron chi connectivity index (χ0n) is 9.16. The van der Waals surface area contributed by atoms with Gasteiger partial charge in [0, 0.05) is 0 Å². The Morgan fingerprint density at radius 2 is 2.06 bits per heavy atom. The lowest BCUT2D eigenvalue weighted by molar-refractivity contribution is 0.0954. The Balaban J connectivity index is 2.39. The highest BCUT2D eigenvalue weighted by atomic mass is 16.2. The number of nitrogens with two attached hydrogens (primary N) is 3.